The number of hydrogen-bond acceptors (Lipinski definition) is 2. The molecule has 0 aromatic rings. The van der Waals surface area contributed by atoms with Crippen molar-refractivity contribution in [3.05, 3.63) is 0 Å². The molecule has 3 heteroatoms. The van der Waals surface area contributed by atoms with E-state index in [0.29, 0.717) is 6.10 Å². The lowest BCUT2D eigenvalue weighted by molar-refractivity contribution is -0.113. The van der Waals surface area contributed by atoms with Crippen LogP contribution in [0.4, 0.5) is 0 Å². The van der Waals surface area contributed by atoms with E-state index in [2.05, 4.69) is 6.92 Å². The van der Waals surface area contributed by atoms with Gasteiger partial charge in [-0.2, -0.15) is 0 Å². The van der Waals surface area contributed by atoms with Crippen molar-refractivity contribution in [3.63, 3.8) is 0 Å². The van der Waals surface area contributed by atoms with Crippen molar-refractivity contribution in [1.82, 2.24) is 0 Å². The zero-order valence-corrected chi connectivity index (χ0v) is 7.75. The van der Waals surface area contributed by atoms with Gasteiger partial charge in [0.25, 0.3) is 0 Å². The second kappa shape index (κ2) is 2.74. The summed E-state index contributed by atoms with van der Waals surface area (Å²) in [6, 6.07) is 0. The molecule has 4 aliphatic rings. The molecule has 3 saturated carbocycles. The molecule has 2 unspecified atom stereocenters. The molecule has 4 rings (SSSR count). The van der Waals surface area contributed by atoms with Crippen LogP contribution in [0.25, 0.3) is 0 Å². The van der Waals surface area contributed by atoms with Crippen LogP contribution in [0.2, 0.25) is 6.82 Å². The van der Waals surface area contributed by atoms with E-state index in [1.54, 1.807) is 0 Å². The summed E-state index contributed by atoms with van der Waals surface area (Å²) >= 11 is 0. The maximum Gasteiger partial charge on any atom is 0.454 e. The second-order valence-electron chi connectivity index (χ2n) is 4.76. The highest BCUT2D eigenvalue weighted by molar-refractivity contribution is 6.43. The van der Waals surface area contributed by atoms with Gasteiger partial charge in [-0.3, -0.25) is 0 Å². The third-order valence-electron chi connectivity index (χ3n) is 4.01. The standard InChI is InChI=1S/C9H15BO2.CH4/c1-9-7-3-6(4-7)5-8(9)11-10(2)12-9;/h6-8H,3-5H2,1-2H3;1H4. The van der Waals surface area contributed by atoms with Gasteiger partial charge in [0.1, 0.15) is 0 Å². The van der Waals surface area contributed by atoms with Crippen LogP contribution in [0.15, 0.2) is 0 Å². The van der Waals surface area contributed by atoms with Gasteiger partial charge in [-0.25, -0.2) is 0 Å². The smallest absolute Gasteiger partial charge is 0.406 e. The fraction of sp³-hybridized carbons (Fsp3) is 1.00. The summed E-state index contributed by atoms with van der Waals surface area (Å²) in [5.41, 5.74) is 0.0637. The van der Waals surface area contributed by atoms with E-state index in [9.17, 15) is 0 Å². The van der Waals surface area contributed by atoms with Crippen LogP contribution in [0.3, 0.4) is 0 Å². The Kier molecular flexibility index (Phi) is 2.01. The summed E-state index contributed by atoms with van der Waals surface area (Å²) in [6.45, 7) is 4.25. The molecule has 0 amide bonds. The van der Waals surface area contributed by atoms with Gasteiger partial charge in [0, 0.05) is 0 Å². The predicted octanol–water partition coefficient (Wildman–Crippen LogP) is 2.34. The van der Waals surface area contributed by atoms with Crippen LogP contribution in [0.1, 0.15) is 33.6 Å². The molecule has 2 atom stereocenters. The van der Waals surface area contributed by atoms with Crippen LogP contribution in [0, 0.1) is 11.8 Å². The average Bonchev–Trinajstić information content (AvgIpc) is 2.18. The maximum atomic E-state index is 5.88. The Labute approximate surface area is 81.1 Å². The quantitative estimate of drug-likeness (QED) is 0.535. The summed E-state index contributed by atoms with van der Waals surface area (Å²) in [5, 5.41) is 0. The van der Waals surface area contributed by atoms with Gasteiger partial charge < -0.3 is 9.31 Å². The highest BCUT2D eigenvalue weighted by Crippen LogP contribution is 2.55. The van der Waals surface area contributed by atoms with Crippen molar-refractivity contribution in [1.29, 1.82) is 0 Å². The van der Waals surface area contributed by atoms with Crippen LogP contribution >= 0.6 is 0 Å². The van der Waals surface area contributed by atoms with E-state index in [4.69, 9.17) is 9.31 Å². The molecule has 2 nitrogen and oxygen atoms in total. The number of hydrogen-bond donors (Lipinski definition) is 0. The first-order chi connectivity index (χ1) is 5.68. The van der Waals surface area contributed by atoms with E-state index in [0.717, 1.165) is 11.8 Å². The van der Waals surface area contributed by atoms with Crippen molar-refractivity contribution < 1.29 is 9.31 Å². The molecular weight excluding hydrogens is 163 g/mol. The highest BCUT2D eigenvalue weighted by Gasteiger charge is 2.59. The molecule has 4 fully saturated rings. The molecule has 0 N–H and O–H groups in total. The van der Waals surface area contributed by atoms with Crippen molar-refractivity contribution in [2.24, 2.45) is 11.8 Å². The minimum Gasteiger partial charge on any atom is -0.406 e. The topological polar surface area (TPSA) is 18.5 Å². The predicted molar refractivity (Wildman–Crippen MR) is 53.5 cm³/mol. The first-order valence-electron chi connectivity index (χ1n) is 5.02. The molecule has 0 aromatic carbocycles. The normalized spacial score (nSPS) is 52.2. The molecule has 1 saturated heterocycles. The fourth-order valence-corrected chi connectivity index (χ4v) is 3.18. The van der Waals surface area contributed by atoms with Crippen molar-refractivity contribution >= 4 is 7.12 Å². The monoisotopic (exact) mass is 182 g/mol. The lowest BCUT2D eigenvalue weighted by Crippen LogP contribution is -2.56. The molecule has 0 spiro atoms. The minimum absolute atomic E-state index is 0. The van der Waals surface area contributed by atoms with Gasteiger partial charge in [0.05, 0.1) is 11.7 Å². The Hall–Kier alpha value is -0.0151. The summed E-state index contributed by atoms with van der Waals surface area (Å²) in [4.78, 5) is 0. The zero-order valence-electron chi connectivity index (χ0n) is 7.75. The van der Waals surface area contributed by atoms with Crippen LogP contribution in [-0.4, -0.2) is 18.8 Å². The summed E-state index contributed by atoms with van der Waals surface area (Å²) in [7, 11) is 0.0272. The average molecular weight is 182 g/mol. The third kappa shape index (κ3) is 1.10. The Balaban J connectivity index is 0.000000653. The molecular formula is C10H19BO2. The van der Waals surface area contributed by atoms with Crippen molar-refractivity contribution in [3.8, 4) is 0 Å². The maximum absolute atomic E-state index is 5.88. The molecule has 3 aliphatic carbocycles. The van der Waals surface area contributed by atoms with E-state index >= 15 is 0 Å². The second-order valence-corrected chi connectivity index (χ2v) is 4.76. The Morgan fingerprint density at radius 3 is 2.62 bits per heavy atom. The molecule has 1 heterocycles. The Bertz CT molecular complexity index is 215. The molecule has 74 valence electrons. The van der Waals surface area contributed by atoms with Crippen LogP contribution in [0.5, 0.6) is 0 Å². The van der Waals surface area contributed by atoms with Gasteiger partial charge in [0.2, 0.25) is 0 Å². The van der Waals surface area contributed by atoms with E-state index in [1.807, 2.05) is 6.82 Å². The lowest BCUT2D eigenvalue weighted by atomic mass is 9.57. The molecule has 0 radical (unpaired) electrons. The Morgan fingerprint density at radius 1 is 1.31 bits per heavy atom. The molecule has 1 aliphatic heterocycles. The fourth-order valence-electron chi connectivity index (χ4n) is 3.18. The molecule has 2 bridgehead atoms. The third-order valence-corrected chi connectivity index (χ3v) is 4.01. The van der Waals surface area contributed by atoms with E-state index in [-0.39, 0.29) is 20.1 Å². The zero-order chi connectivity index (χ0) is 8.34. The molecule has 13 heavy (non-hydrogen) atoms. The Morgan fingerprint density at radius 2 is 2.00 bits per heavy atom. The van der Waals surface area contributed by atoms with Gasteiger partial charge in [-0.15, -0.1) is 0 Å². The van der Waals surface area contributed by atoms with Crippen molar-refractivity contribution in [2.75, 3.05) is 0 Å². The van der Waals surface area contributed by atoms with Gasteiger partial charge in [0.15, 0.2) is 0 Å². The lowest BCUT2D eigenvalue weighted by Gasteiger charge is -2.53. The summed E-state index contributed by atoms with van der Waals surface area (Å²) in [6.07, 6.45) is 4.38. The summed E-state index contributed by atoms with van der Waals surface area (Å²) < 4.78 is 11.6. The largest absolute Gasteiger partial charge is 0.454 e. The summed E-state index contributed by atoms with van der Waals surface area (Å²) in [5.74, 6) is 1.73. The van der Waals surface area contributed by atoms with E-state index < -0.39 is 0 Å². The SMILES string of the molecule is C.CB1OC2CC3CC(C3)C2(C)O1. The molecule has 0 aromatic heterocycles. The van der Waals surface area contributed by atoms with E-state index in [1.165, 1.54) is 19.3 Å². The van der Waals surface area contributed by atoms with Crippen LogP contribution < -0.4 is 0 Å². The number of rotatable bonds is 0. The first-order valence-corrected chi connectivity index (χ1v) is 5.02. The van der Waals surface area contributed by atoms with Crippen molar-refractivity contribution in [2.45, 2.75) is 52.1 Å². The first kappa shape index (κ1) is 9.54. The highest BCUT2D eigenvalue weighted by atomic mass is 16.7. The van der Waals surface area contributed by atoms with Gasteiger partial charge >= 0.3 is 7.12 Å². The van der Waals surface area contributed by atoms with Crippen LogP contribution in [-0.2, 0) is 9.31 Å². The minimum atomic E-state index is 0. The van der Waals surface area contributed by atoms with Gasteiger partial charge in [-0.1, -0.05) is 7.43 Å². The van der Waals surface area contributed by atoms with Gasteiger partial charge in [-0.05, 0) is 44.8 Å².